The number of halogens is 2. The Hall–Kier alpha value is -2.49. The maximum absolute atomic E-state index is 13.7. The molecule has 36 heavy (non-hydrogen) atoms. The SMILES string of the molecule is CC[C@H](C(=O)NC(C)(C)C)N(Cc1c(Cl)cccc1Cl)C(=O)CN(c1cccc(OC)c1)S(C)(=O)=O. The smallest absolute Gasteiger partial charge is 0.244 e. The van der Waals surface area contributed by atoms with Gasteiger partial charge in [-0.15, -0.1) is 0 Å². The second-order valence-corrected chi connectivity index (χ2v) is 12.1. The quantitative estimate of drug-likeness (QED) is 0.464. The van der Waals surface area contributed by atoms with Gasteiger partial charge >= 0.3 is 0 Å². The Morgan fingerprint density at radius 1 is 1.08 bits per heavy atom. The molecule has 11 heteroatoms. The summed E-state index contributed by atoms with van der Waals surface area (Å²) in [5.74, 6) is -0.520. The van der Waals surface area contributed by atoms with E-state index in [1.54, 1.807) is 43.3 Å². The second-order valence-electron chi connectivity index (χ2n) is 9.36. The van der Waals surface area contributed by atoms with Crippen LogP contribution in [0.5, 0.6) is 5.75 Å². The van der Waals surface area contributed by atoms with Gasteiger partial charge in [0, 0.05) is 33.8 Å². The van der Waals surface area contributed by atoms with Crippen molar-refractivity contribution in [1.29, 1.82) is 0 Å². The molecule has 0 aliphatic carbocycles. The molecule has 2 rings (SSSR count). The Bertz CT molecular complexity index is 1180. The van der Waals surface area contributed by atoms with E-state index in [4.69, 9.17) is 27.9 Å². The molecule has 1 N–H and O–H groups in total. The predicted molar refractivity (Wildman–Crippen MR) is 144 cm³/mol. The molecule has 0 fully saturated rings. The summed E-state index contributed by atoms with van der Waals surface area (Å²) in [6.45, 7) is 6.67. The molecule has 198 valence electrons. The van der Waals surface area contributed by atoms with E-state index >= 15 is 0 Å². The number of nitrogens with one attached hydrogen (secondary N) is 1. The maximum Gasteiger partial charge on any atom is 0.244 e. The first-order chi connectivity index (χ1) is 16.7. The summed E-state index contributed by atoms with van der Waals surface area (Å²) in [5.41, 5.74) is 0.178. The molecular formula is C25H33Cl2N3O5S. The van der Waals surface area contributed by atoms with Gasteiger partial charge in [-0.3, -0.25) is 13.9 Å². The highest BCUT2D eigenvalue weighted by molar-refractivity contribution is 7.92. The van der Waals surface area contributed by atoms with E-state index in [1.165, 1.54) is 18.1 Å². The summed E-state index contributed by atoms with van der Waals surface area (Å²) in [4.78, 5) is 28.3. The molecule has 0 aliphatic heterocycles. The van der Waals surface area contributed by atoms with E-state index in [0.29, 0.717) is 21.4 Å². The average Bonchev–Trinajstić information content (AvgIpc) is 2.77. The lowest BCUT2D eigenvalue weighted by atomic mass is 10.1. The Kier molecular flexibility index (Phi) is 10.0. The number of ether oxygens (including phenoxy) is 1. The van der Waals surface area contributed by atoms with Crippen molar-refractivity contribution in [1.82, 2.24) is 10.2 Å². The summed E-state index contributed by atoms with van der Waals surface area (Å²) >= 11 is 12.8. The number of rotatable bonds is 10. The third kappa shape index (κ3) is 8.01. The molecule has 2 aromatic carbocycles. The Morgan fingerprint density at radius 3 is 2.17 bits per heavy atom. The van der Waals surface area contributed by atoms with Crippen molar-refractivity contribution in [2.45, 2.75) is 52.2 Å². The van der Waals surface area contributed by atoms with E-state index < -0.39 is 34.1 Å². The lowest BCUT2D eigenvalue weighted by molar-refractivity contribution is -0.141. The van der Waals surface area contributed by atoms with Crippen molar-refractivity contribution in [2.75, 3.05) is 24.2 Å². The number of carbonyl (C=O) groups excluding carboxylic acids is 2. The first kappa shape index (κ1) is 29.7. The number of anilines is 1. The number of hydrogen-bond donors (Lipinski definition) is 1. The van der Waals surface area contributed by atoms with E-state index in [-0.39, 0.29) is 24.6 Å². The fourth-order valence-corrected chi connectivity index (χ4v) is 4.96. The number of benzene rings is 2. The van der Waals surface area contributed by atoms with E-state index in [1.807, 2.05) is 20.8 Å². The first-order valence-corrected chi connectivity index (χ1v) is 13.9. The van der Waals surface area contributed by atoms with Gasteiger partial charge in [0.05, 0.1) is 19.1 Å². The summed E-state index contributed by atoms with van der Waals surface area (Å²) in [6, 6.07) is 10.4. The molecule has 0 aromatic heterocycles. The first-order valence-electron chi connectivity index (χ1n) is 11.3. The Labute approximate surface area is 223 Å². The van der Waals surface area contributed by atoms with Crippen molar-refractivity contribution >= 4 is 50.7 Å². The van der Waals surface area contributed by atoms with E-state index in [2.05, 4.69) is 5.32 Å². The van der Waals surface area contributed by atoms with Gasteiger partial charge in [-0.25, -0.2) is 8.42 Å². The van der Waals surface area contributed by atoms with Crippen LogP contribution < -0.4 is 14.4 Å². The highest BCUT2D eigenvalue weighted by Crippen LogP contribution is 2.28. The fraction of sp³-hybridized carbons (Fsp3) is 0.440. The molecule has 0 saturated heterocycles. The van der Waals surface area contributed by atoms with Crippen LogP contribution in [0.2, 0.25) is 10.0 Å². The number of carbonyl (C=O) groups is 2. The third-order valence-electron chi connectivity index (χ3n) is 5.29. The molecule has 0 aliphatic rings. The van der Waals surface area contributed by atoms with Crippen LogP contribution in [0.15, 0.2) is 42.5 Å². The summed E-state index contributed by atoms with van der Waals surface area (Å²) in [5, 5.41) is 3.57. The number of amides is 2. The van der Waals surface area contributed by atoms with E-state index in [9.17, 15) is 18.0 Å². The molecule has 0 bridgehead atoms. The van der Waals surface area contributed by atoms with Crippen LogP contribution in [0, 0.1) is 0 Å². The van der Waals surface area contributed by atoms with Gasteiger partial charge < -0.3 is 15.0 Å². The van der Waals surface area contributed by atoms with Crippen molar-refractivity contribution in [3.8, 4) is 5.75 Å². The number of sulfonamides is 1. The summed E-state index contributed by atoms with van der Waals surface area (Å²) in [6.07, 6.45) is 1.30. The van der Waals surface area contributed by atoms with Crippen molar-refractivity contribution in [2.24, 2.45) is 0 Å². The topological polar surface area (TPSA) is 96.0 Å². The molecule has 1 atom stereocenters. The van der Waals surface area contributed by atoms with Crippen LogP contribution in [-0.2, 0) is 26.2 Å². The maximum atomic E-state index is 13.7. The zero-order chi connectivity index (χ0) is 27.3. The molecule has 0 radical (unpaired) electrons. The summed E-state index contributed by atoms with van der Waals surface area (Å²) in [7, 11) is -2.40. The molecule has 0 spiro atoms. The minimum Gasteiger partial charge on any atom is -0.497 e. The number of methoxy groups -OCH3 is 1. The Morgan fingerprint density at radius 2 is 1.67 bits per heavy atom. The monoisotopic (exact) mass is 557 g/mol. The van der Waals surface area contributed by atoms with Crippen LogP contribution in [0.1, 0.15) is 39.7 Å². The zero-order valence-electron chi connectivity index (χ0n) is 21.3. The zero-order valence-corrected chi connectivity index (χ0v) is 23.7. The van der Waals surface area contributed by atoms with Gasteiger partial charge in [-0.2, -0.15) is 0 Å². The van der Waals surface area contributed by atoms with Crippen molar-refractivity contribution < 1.29 is 22.7 Å². The van der Waals surface area contributed by atoms with Crippen LogP contribution in [0.25, 0.3) is 0 Å². The van der Waals surface area contributed by atoms with Gasteiger partial charge in [-0.05, 0) is 51.5 Å². The third-order valence-corrected chi connectivity index (χ3v) is 7.14. The van der Waals surface area contributed by atoms with Crippen LogP contribution in [0.4, 0.5) is 5.69 Å². The predicted octanol–water partition coefficient (Wildman–Crippen LogP) is 4.49. The fourth-order valence-electron chi connectivity index (χ4n) is 3.61. The second kappa shape index (κ2) is 12.2. The molecular weight excluding hydrogens is 525 g/mol. The van der Waals surface area contributed by atoms with Gasteiger partial charge in [0.2, 0.25) is 21.8 Å². The highest BCUT2D eigenvalue weighted by Gasteiger charge is 2.33. The molecule has 8 nitrogen and oxygen atoms in total. The van der Waals surface area contributed by atoms with Crippen molar-refractivity contribution in [3.63, 3.8) is 0 Å². The molecule has 2 aromatic rings. The minimum atomic E-state index is -3.86. The van der Waals surface area contributed by atoms with Gasteiger partial charge in [0.1, 0.15) is 18.3 Å². The van der Waals surface area contributed by atoms with Crippen LogP contribution >= 0.6 is 23.2 Å². The largest absolute Gasteiger partial charge is 0.497 e. The molecule has 0 saturated carbocycles. The molecule has 0 unspecified atom stereocenters. The lowest BCUT2D eigenvalue weighted by Crippen LogP contribution is -2.55. The lowest BCUT2D eigenvalue weighted by Gasteiger charge is -2.34. The average molecular weight is 559 g/mol. The van der Waals surface area contributed by atoms with Crippen LogP contribution in [-0.4, -0.2) is 56.6 Å². The number of nitrogens with zero attached hydrogens (tertiary/aromatic N) is 2. The highest BCUT2D eigenvalue weighted by atomic mass is 35.5. The summed E-state index contributed by atoms with van der Waals surface area (Å²) < 4.78 is 31.6. The van der Waals surface area contributed by atoms with Gasteiger partial charge in [0.25, 0.3) is 0 Å². The van der Waals surface area contributed by atoms with Gasteiger partial charge in [0.15, 0.2) is 0 Å². The van der Waals surface area contributed by atoms with E-state index in [0.717, 1.165) is 10.6 Å². The van der Waals surface area contributed by atoms with Gasteiger partial charge in [-0.1, -0.05) is 42.3 Å². The molecule has 0 heterocycles. The standard InChI is InChI=1S/C25H33Cl2N3O5S/c1-7-22(24(32)28-25(2,3)4)29(15-19-20(26)12-9-13-21(19)27)23(31)16-30(36(6,33)34)17-10-8-11-18(14-17)35-5/h8-14,22H,7,15-16H2,1-6H3,(H,28,32)/t22-/m1/s1. The molecule has 2 amide bonds. The Balaban J connectivity index is 2.53. The normalized spacial score (nSPS) is 12.6. The minimum absolute atomic E-state index is 0.0802. The van der Waals surface area contributed by atoms with Crippen LogP contribution in [0.3, 0.4) is 0 Å². The number of hydrogen-bond acceptors (Lipinski definition) is 5. The van der Waals surface area contributed by atoms with Crippen molar-refractivity contribution in [3.05, 3.63) is 58.1 Å².